The number of nitrogens with zero attached hydrogens (tertiary/aromatic N) is 2. The molecule has 0 amide bonds. The van der Waals surface area contributed by atoms with E-state index in [1.165, 1.54) is 24.8 Å². The number of ketones is 1. The van der Waals surface area contributed by atoms with Crippen molar-refractivity contribution in [1.29, 1.82) is 0 Å². The predicted molar refractivity (Wildman–Crippen MR) is 71.8 cm³/mol. The van der Waals surface area contributed by atoms with Crippen molar-refractivity contribution >= 4 is 11.9 Å². The van der Waals surface area contributed by atoms with E-state index in [1.54, 1.807) is 0 Å². The second-order valence-corrected chi connectivity index (χ2v) is 4.66. The highest BCUT2D eigenvalue weighted by Crippen LogP contribution is 2.36. The maximum Gasteiger partial charge on any atom is 0.416 e. The summed E-state index contributed by atoms with van der Waals surface area (Å²) in [7, 11) is 0. The zero-order valence-corrected chi connectivity index (χ0v) is 11.7. The van der Waals surface area contributed by atoms with E-state index in [0.717, 1.165) is 6.08 Å². The van der Waals surface area contributed by atoms with Gasteiger partial charge >= 0.3 is 12.4 Å². The van der Waals surface area contributed by atoms with Crippen LogP contribution in [0.4, 0.5) is 26.3 Å². The maximum atomic E-state index is 12.7. The molecule has 0 bridgehead atoms. The average Bonchev–Trinajstić information content (AvgIpc) is 2.51. The molecular formula is C15H8F6N2O. The van der Waals surface area contributed by atoms with Crippen LogP contribution in [-0.2, 0) is 12.4 Å². The fraction of sp³-hybridized carbons (Fsp3) is 0.133. The van der Waals surface area contributed by atoms with Crippen molar-refractivity contribution in [2.24, 2.45) is 0 Å². The van der Waals surface area contributed by atoms with E-state index in [-0.39, 0.29) is 6.07 Å². The van der Waals surface area contributed by atoms with Gasteiger partial charge in [-0.05, 0) is 30.4 Å². The zero-order valence-electron chi connectivity index (χ0n) is 11.7. The van der Waals surface area contributed by atoms with Gasteiger partial charge in [-0.1, -0.05) is 0 Å². The molecule has 0 fully saturated rings. The Morgan fingerprint density at radius 3 is 1.83 bits per heavy atom. The summed E-state index contributed by atoms with van der Waals surface area (Å²) in [5.41, 5.74) is -3.44. The van der Waals surface area contributed by atoms with Gasteiger partial charge in [0.1, 0.15) is 6.33 Å². The first-order valence-corrected chi connectivity index (χ1v) is 6.34. The van der Waals surface area contributed by atoms with Crippen LogP contribution >= 0.6 is 0 Å². The number of hydrogen-bond donors (Lipinski definition) is 0. The van der Waals surface area contributed by atoms with Crippen LogP contribution in [0, 0.1) is 0 Å². The first-order chi connectivity index (χ1) is 11.1. The fourth-order valence-electron chi connectivity index (χ4n) is 1.76. The lowest BCUT2D eigenvalue weighted by atomic mass is 10.0. The van der Waals surface area contributed by atoms with E-state index >= 15 is 0 Å². The van der Waals surface area contributed by atoms with Crippen LogP contribution in [-0.4, -0.2) is 15.8 Å². The number of carbonyl (C=O) groups is 1. The minimum Gasteiger partial charge on any atom is -0.289 e. The lowest BCUT2D eigenvalue weighted by Crippen LogP contribution is -2.13. The Morgan fingerprint density at radius 2 is 1.38 bits per heavy atom. The first-order valence-electron chi connectivity index (χ1n) is 6.34. The summed E-state index contributed by atoms with van der Waals surface area (Å²) in [6, 6.07) is 0.721. The molecule has 1 aromatic heterocycles. The number of rotatable bonds is 3. The number of carbonyl (C=O) groups excluding carboxylic acids is 1. The van der Waals surface area contributed by atoms with Gasteiger partial charge < -0.3 is 0 Å². The van der Waals surface area contributed by atoms with Gasteiger partial charge in [-0.3, -0.25) is 4.79 Å². The summed E-state index contributed by atoms with van der Waals surface area (Å²) in [5.74, 6) is -1.00. The molecule has 0 radical (unpaired) electrons. The highest BCUT2D eigenvalue weighted by molar-refractivity contribution is 6.07. The number of benzene rings is 1. The van der Waals surface area contributed by atoms with Crippen LogP contribution in [0.3, 0.4) is 0 Å². The summed E-state index contributed by atoms with van der Waals surface area (Å²) in [5, 5.41) is 0. The number of alkyl halides is 6. The van der Waals surface area contributed by atoms with Gasteiger partial charge in [0.2, 0.25) is 0 Å². The molecule has 126 valence electrons. The van der Waals surface area contributed by atoms with Gasteiger partial charge in [-0.2, -0.15) is 26.3 Å². The summed E-state index contributed by atoms with van der Waals surface area (Å²) in [6.45, 7) is 0. The molecule has 0 aliphatic rings. The predicted octanol–water partition coefficient (Wildman–Crippen LogP) is 4.41. The Kier molecular flexibility index (Phi) is 4.72. The lowest BCUT2D eigenvalue weighted by molar-refractivity contribution is -0.143. The molecule has 0 unspecified atom stereocenters. The van der Waals surface area contributed by atoms with Crippen molar-refractivity contribution in [3.8, 4) is 0 Å². The van der Waals surface area contributed by atoms with E-state index in [0.29, 0.717) is 17.7 Å². The molecule has 0 aliphatic carbocycles. The molecule has 2 aromatic rings. The Labute approximate surface area is 131 Å². The number of halogens is 6. The molecule has 3 nitrogen and oxygen atoms in total. The monoisotopic (exact) mass is 346 g/mol. The molecule has 0 saturated carbocycles. The third-order valence-corrected chi connectivity index (χ3v) is 2.88. The number of aromatic nitrogens is 2. The summed E-state index contributed by atoms with van der Waals surface area (Å²) in [6.07, 6.45) is -4.10. The summed E-state index contributed by atoms with van der Waals surface area (Å²) < 4.78 is 76.4. The number of allylic oxidation sites excluding steroid dienone is 1. The van der Waals surface area contributed by atoms with Gasteiger partial charge in [0.15, 0.2) is 5.78 Å². The summed E-state index contributed by atoms with van der Waals surface area (Å²) in [4.78, 5) is 19.2. The molecule has 0 atom stereocenters. The smallest absolute Gasteiger partial charge is 0.289 e. The normalized spacial score (nSPS) is 12.6. The first kappa shape index (κ1) is 17.6. The van der Waals surface area contributed by atoms with E-state index in [2.05, 4.69) is 9.97 Å². The third kappa shape index (κ3) is 4.40. The van der Waals surface area contributed by atoms with Crippen LogP contribution in [0.2, 0.25) is 0 Å². The Hall–Kier alpha value is -2.71. The molecule has 0 spiro atoms. The minimum absolute atomic E-state index is 0.0362. The van der Waals surface area contributed by atoms with E-state index in [9.17, 15) is 31.1 Å². The van der Waals surface area contributed by atoms with Gasteiger partial charge in [0, 0.05) is 23.5 Å². The highest BCUT2D eigenvalue weighted by atomic mass is 19.4. The quantitative estimate of drug-likeness (QED) is 0.470. The highest BCUT2D eigenvalue weighted by Gasteiger charge is 2.37. The molecular weight excluding hydrogens is 338 g/mol. The Balaban J connectivity index is 2.41. The van der Waals surface area contributed by atoms with Gasteiger partial charge in [0.25, 0.3) is 0 Å². The van der Waals surface area contributed by atoms with Crippen LogP contribution in [0.15, 0.2) is 43.0 Å². The van der Waals surface area contributed by atoms with Crippen LogP contribution in [0.1, 0.15) is 27.0 Å². The van der Waals surface area contributed by atoms with Crippen molar-refractivity contribution in [2.45, 2.75) is 12.4 Å². The molecule has 1 aromatic carbocycles. The molecule has 2 rings (SSSR count). The van der Waals surface area contributed by atoms with Gasteiger partial charge in [0.05, 0.1) is 11.1 Å². The number of hydrogen-bond acceptors (Lipinski definition) is 3. The molecule has 9 heteroatoms. The largest absolute Gasteiger partial charge is 0.416 e. The minimum atomic E-state index is -5.01. The standard InChI is InChI=1S/C15H8F6N2O/c16-14(17,18)11-3-10(4-12(5-11)15(19,20)21)13(24)2-1-9-6-22-8-23-7-9/h1-8H/b2-1+. The van der Waals surface area contributed by atoms with Crippen LogP contribution in [0.25, 0.3) is 6.08 Å². The molecule has 24 heavy (non-hydrogen) atoms. The van der Waals surface area contributed by atoms with E-state index in [4.69, 9.17) is 0 Å². The van der Waals surface area contributed by atoms with E-state index < -0.39 is 34.8 Å². The van der Waals surface area contributed by atoms with Crippen molar-refractivity contribution in [3.05, 3.63) is 65.2 Å². The van der Waals surface area contributed by atoms with Crippen molar-refractivity contribution in [2.75, 3.05) is 0 Å². The average molecular weight is 346 g/mol. The second kappa shape index (κ2) is 6.42. The fourth-order valence-corrected chi connectivity index (χ4v) is 1.76. The maximum absolute atomic E-state index is 12.7. The second-order valence-electron chi connectivity index (χ2n) is 4.66. The topological polar surface area (TPSA) is 42.9 Å². The van der Waals surface area contributed by atoms with Crippen molar-refractivity contribution in [1.82, 2.24) is 9.97 Å². The van der Waals surface area contributed by atoms with Gasteiger partial charge in [-0.15, -0.1) is 0 Å². The summed E-state index contributed by atoms with van der Waals surface area (Å²) >= 11 is 0. The Bertz CT molecular complexity index is 734. The van der Waals surface area contributed by atoms with E-state index in [1.807, 2.05) is 0 Å². The SMILES string of the molecule is O=C(/C=C/c1cncnc1)c1cc(C(F)(F)F)cc(C(F)(F)F)c1. The molecule has 0 aliphatic heterocycles. The van der Waals surface area contributed by atoms with Crippen LogP contribution in [0.5, 0.6) is 0 Å². The lowest BCUT2D eigenvalue weighted by Gasteiger charge is -2.13. The molecule has 1 heterocycles. The van der Waals surface area contributed by atoms with Crippen molar-refractivity contribution < 1.29 is 31.1 Å². The van der Waals surface area contributed by atoms with Crippen LogP contribution < -0.4 is 0 Å². The third-order valence-electron chi connectivity index (χ3n) is 2.88. The van der Waals surface area contributed by atoms with Gasteiger partial charge in [-0.25, -0.2) is 9.97 Å². The molecule has 0 N–H and O–H groups in total. The van der Waals surface area contributed by atoms with Crippen molar-refractivity contribution in [3.63, 3.8) is 0 Å². The molecule has 0 saturated heterocycles. The zero-order chi connectivity index (χ0) is 18.0. The Morgan fingerprint density at radius 1 is 0.875 bits per heavy atom.